The minimum atomic E-state index is -4.38. The lowest BCUT2D eigenvalue weighted by molar-refractivity contribution is -0.119. The number of carbonyl (C=O) groups excluding carboxylic acids is 1. The van der Waals surface area contributed by atoms with Crippen molar-refractivity contribution in [3.8, 4) is 0 Å². The van der Waals surface area contributed by atoms with Gasteiger partial charge in [-0.3, -0.25) is 9.35 Å². The zero-order chi connectivity index (χ0) is 17.1. The average molecular weight is 479 g/mol. The summed E-state index contributed by atoms with van der Waals surface area (Å²) in [5, 5.41) is 2.12. The van der Waals surface area contributed by atoms with Crippen molar-refractivity contribution in [3.63, 3.8) is 0 Å². The Labute approximate surface area is 145 Å². The summed E-state index contributed by atoms with van der Waals surface area (Å²) in [4.78, 5) is 11.8. The molecule has 124 valence electrons. The highest BCUT2D eigenvalue weighted by Gasteiger charge is 2.32. The molecule has 1 rings (SSSR count). The molecule has 7 nitrogen and oxygen atoms in total. The molecule has 2 N–H and O–H groups in total. The van der Waals surface area contributed by atoms with E-state index in [0.29, 0.717) is 0 Å². The van der Waals surface area contributed by atoms with Gasteiger partial charge in [-0.1, -0.05) is 49.6 Å². The second-order valence-corrected chi connectivity index (χ2v) is 11.2. The molecule has 0 aliphatic carbocycles. The first-order valence-corrected chi connectivity index (χ1v) is 10.7. The summed E-state index contributed by atoms with van der Waals surface area (Å²) in [6.07, 6.45) is 0. The quantitative estimate of drug-likeness (QED) is 0.468. The van der Waals surface area contributed by atoms with Gasteiger partial charge in [-0.2, -0.15) is 8.42 Å². The second kappa shape index (κ2) is 7.39. The van der Waals surface area contributed by atoms with Crippen molar-refractivity contribution in [2.45, 2.75) is 20.1 Å². The SMILES string of the molecule is Cc1ccc(S(=O)(=O)C(Br)C(=O)NCC(Br)S(=O)(=O)O)cc1. The van der Waals surface area contributed by atoms with E-state index >= 15 is 0 Å². The summed E-state index contributed by atoms with van der Waals surface area (Å²) in [5.74, 6) is -0.936. The molecule has 0 aliphatic heterocycles. The summed E-state index contributed by atoms with van der Waals surface area (Å²) >= 11 is 5.46. The summed E-state index contributed by atoms with van der Waals surface area (Å²) in [7, 11) is -8.34. The maximum absolute atomic E-state index is 12.2. The Morgan fingerprint density at radius 1 is 1.18 bits per heavy atom. The van der Waals surface area contributed by atoms with Gasteiger partial charge in [-0.15, -0.1) is 0 Å². The summed E-state index contributed by atoms with van der Waals surface area (Å²) < 4.78 is 51.8. The van der Waals surface area contributed by atoms with Crippen LogP contribution in [0.5, 0.6) is 0 Å². The van der Waals surface area contributed by atoms with Crippen molar-refractivity contribution in [2.75, 3.05) is 6.54 Å². The lowest BCUT2D eigenvalue weighted by atomic mass is 10.2. The summed E-state index contributed by atoms with van der Waals surface area (Å²) in [6, 6.07) is 5.93. The monoisotopic (exact) mass is 477 g/mol. The third-order valence-electron chi connectivity index (χ3n) is 2.59. The Morgan fingerprint density at radius 3 is 2.14 bits per heavy atom. The van der Waals surface area contributed by atoms with Gasteiger partial charge in [0.15, 0.2) is 18.2 Å². The molecule has 0 saturated heterocycles. The van der Waals surface area contributed by atoms with E-state index in [4.69, 9.17) is 4.55 Å². The molecule has 11 heteroatoms. The van der Waals surface area contributed by atoms with Gasteiger partial charge >= 0.3 is 0 Å². The van der Waals surface area contributed by atoms with Crippen molar-refractivity contribution in [1.29, 1.82) is 0 Å². The number of amides is 1. The maximum atomic E-state index is 12.2. The Morgan fingerprint density at radius 2 is 1.68 bits per heavy atom. The number of hydrogen-bond acceptors (Lipinski definition) is 5. The van der Waals surface area contributed by atoms with Crippen molar-refractivity contribution >= 4 is 57.7 Å². The molecule has 0 spiro atoms. The van der Waals surface area contributed by atoms with Crippen LogP contribution in [0.1, 0.15) is 5.56 Å². The number of rotatable bonds is 6. The summed E-state index contributed by atoms with van der Waals surface area (Å²) in [6.45, 7) is 1.31. The molecule has 1 amide bonds. The first kappa shape index (κ1) is 19.6. The van der Waals surface area contributed by atoms with E-state index in [1.165, 1.54) is 12.1 Å². The van der Waals surface area contributed by atoms with E-state index in [9.17, 15) is 21.6 Å². The lowest BCUT2D eigenvalue weighted by Crippen LogP contribution is -2.40. The van der Waals surface area contributed by atoms with Crippen LogP contribution in [0.4, 0.5) is 0 Å². The average Bonchev–Trinajstić information content (AvgIpc) is 2.42. The van der Waals surface area contributed by atoms with Gasteiger partial charge in [0, 0.05) is 6.54 Å². The van der Waals surface area contributed by atoms with Crippen molar-refractivity contribution in [2.24, 2.45) is 0 Å². The van der Waals surface area contributed by atoms with Crippen LogP contribution in [-0.4, -0.2) is 42.2 Å². The maximum Gasteiger partial charge on any atom is 0.279 e. The van der Waals surface area contributed by atoms with E-state index in [1.807, 2.05) is 0 Å². The molecule has 0 bridgehead atoms. The number of carbonyl (C=O) groups is 1. The smallest absolute Gasteiger partial charge is 0.279 e. The van der Waals surface area contributed by atoms with Gasteiger partial charge in [-0.25, -0.2) is 8.42 Å². The number of sulfone groups is 1. The van der Waals surface area contributed by atoms with Gasteiger partial charge in [0.2, 0.25) is 5.91 Å². The molecule has 0 saturated carbocycles. The zero-order valence-corrected chi connectivity index (χ0v) is 16.0. The van der Waals surface area contributed by atoms with Crippen LogP contribution in [-0.2, 0) is 24.7 Å². The van der Waals surface area contributed by atoms with E-state index in [-0.39, 0.29) is 4.90 Å². The van der Waals surface area contributed by atoms with E-state index in [0.717, 1.165) is 5.56 Å². The minimum Gasteiger partial charge on any atom is -0.352 e. The molecule has 1 aromatic carbocycles. The van der Waals surface area contributed by atoms with Gasteiger partial charge in [0.1, 0.15) is 0 Å². The van der Waals surface area contributed by atoms with Gasteiger partial charge in [0.25, 0.3) is 10.1 Å². The molecule has 22 heavy (non-hydrogen) atoms. The zero-order valence-electron chi connectivity index (χ0n) is 11.2. The van der Waals surface area contributed by atoms with Crippen LogP contribution in [0.3, 0.4) is 0 Å². The third kappa shape index (κ3) is 5.01. The molecule has 2 unspecified atom stereocenters. The number of hydrogen-bond donors (Lipinski definition) is 2. The topological polar surface area (TPSA) is 118 Å². The molecule has 0 aliphatic rings. The molecule has 0 radical (unpaired) electrons. The normalized spacial score (nSPS) is 15.1. The Kier molecular flexibility index (Phi) is 6.57. The first-order chi connectivity index (χ1) is 9.96. The highest BCUT2D eigenvalue weighted by Crippen LogP contribution is 2.21. The van der Waals surface area contributed by atoms with Crippen molar-refractivity contribution < 1.29 is 26.2 Å². The molecular formula is C11H13Br2NO6S2. The number of nitrogens with one attached hydrogen (secondary N) is 1. The van der Waals surface area contributed by atoms with Crippen molar-refractivity contribution in [1.82, 2.24) is 5.32 Å². The van der Waals surface area contributed by atoms with Crippen molar-refractivity contribution in [3.05, 3.63) is 29.8 Å². The van der Waals surface area contributed by atoms with E-state index in [2.05, 4.69) is 37.2 Å². The van der Waals surface area contributed by atoms with Crippen LogP contribution < -0.4 is 5.32 Å². The fourth-order valence-corrected chi connectivity index (χ4v) is 3.74. The van der Waals surface area contributed by atoms with Gasteiger partial charge < -0.3 is 5.32 Å². The molecule has 2 atom stereocenters. The van der Waals surface area contributed by atoms with E-state index in [1.54, 1.807) is 19.1 Å². The number of aryl methyl sites for hydroxylation is 1. The molecule has 0 aromatic heterocycles. The third-order valence-corrected chi connectivity index (χ3v) is 8.72. The number of alkyl halides is 2. The Hall–Kier alpha value is -0.490. The first-order valence-electron chi connectivity index (χ1n) is 5.79. The largest absolute Gasteiger partial charge is 0.352 e. The predicted octanol–water partition coefficient (Wildman–Crippen LogP) is 1.21. The highest BCUT2D eigenvalue weighted by atomic mass is 79.9. The van der Waals surface area contributed by atoms with Crippen LogP contribution in [0.15, 0.2) is 29.2 Å². The van der Waals surface area contributed by atoms with E-state index < -0.39 is 40.7 Å². The Bertz CT molecular complexity index is 745. The van der Waals surface area contributed by atoms with Crippen LogP contribution >= 0.6 is 31.9 Å². The lowest BCUT2D eigenvalue weighted by Gasteiger charge is -2.13. The summed E-state index contributed by atoms with van der Waals surface area (Å²) in [5.41, 5.74) is 0.866. The van der Waals surface area contributed by atoms with Gasteiger partial charge in [-0.05, 0) is 19.1 Å². The minimum absolute atomic E-state index is 0.0414. The fraction of sp³-hybridized carbons (Fsp3) is 0.364. The van der Waals surface area contributed by atoms with Crippen LogP contribution in [0, 0.1) is 6.92 Å². The number of halogens is 2. The van der Waals surface area contributed by atoms with Crippen LogP contribution in [0.25, 0.3) is 0 Å². The molecular weight excluding hydrogens is 466 g/mol. The van der Waals surface area contributed by atoms with Gasteiger partial charge in [0.05, 0.1) is 4.90 Å². The molecule has 0 fully saturated rings. The predicted molar refractivity (Wildman–Crippen MR) is 88.4 cm³/mol. The standard InChI is InChI=1S/C11H13Br2NO6S2/c1-7-2-4-8(5-3-7)21(16,17)10(13)11(15)14-6-9(12)22(18,19)20/h2-5,9-10H,6H2,1H3,(H,14,15)(H,18,19,20). The van der Waals surface area contributed by atoms with Crippen LogP contribution in [0.2, 0.25) is 0 Å². The molecule has 1 aromatic rings. The fourth-order valence-electron chi connectivity index (χ4n) is 1.35. The molecule has 0 heterocycles. The Balaban J connectivity index is 2.84. The second-order valence-electron chi connectivity index (χ2n) is 4.34. The highest BCUT2D eigenvalue weighted by molar-refractivity contribution is 9.11. The number of benzene rings is 1.